The van der Waals surface area contributed by atoms with Crippen molar-refractivity contribution in [1.82, 2.24) is 10.2 Å². The lowest BCUT2D eigenvalue weighted by Gasteiger charge is -2.36. The van der Waals surface area contributed by atoms with E-state index < -0.39 is 5.60 Å². The third-order valence-electron chi connectivity index (χ3n) is 5.08. The Labute approximate surface area is 137 Å². The van der Waals surface area contributed by atoms with Gasteiger partial charge in [-0.05, 0) is 49.1 Å². The Bertz CT molecular complexity index is 638. The van der Waals surface area contributed by atoms with Crippen LogP contribution in [0.1, 0.15) is 51.0 Å². The fourth-order valence-electron chi connectivity index (χ4n) is 3.59. The molecular formula is C19H25N3O. The highest BCUT2D eigenvalue weighted by molar-refractivity contribution is 5.83. The number of nitrogens with zero attached hydrogens (tertiary/aromatic N) is 1. The van der Waals surface area contributed by atoms with Crippen LogP contribution in [0.2, 0.25) is 0 Å². The number of aromatic nitrogens is 2. The van der Waals surface area contributed by atoms with Crippen LogP contribution in [0, 0.1) is 11.3 Å². The van der Waals surface area contributed by atoms with E-state index in [1.807, 2.05) is 30.5 Å². The van der Waals surface area contributed by atoms with Crippen molar-refractivity contribution in [3.8, 4) is 11.1 Å². The first-order chi connectivity index (χ1) is 11.1. The van der Waals surface area contributed by atoms with Gasteiger partial charge in [-0.15, -0.1) is 0 Å². The molecule has 1 fully saturated rings. The number of aromatic amines is 1. The molecule has 0 saturated heterocycles. The van der Waals surface area contributed by atoms with Crippen LogP contribution >= 0.6 is 0 Å². The minimum Gasteiger partial charge on any atom is -0.385 e. The van der Waals surface area contributed by atoms with Gasteiger partial charge in [-0.2, -0.15) is 5.10 Å². The topological polar surface area (TPSA) is 72.8 Å². The molecule has 0 radical (unpaired) electrons. The maximum atomic E-state index is 11.0. The Morgan fingerprint density at radius 3 is 2.52 bits per heavy atom. The Kier molecular flexibility index (Phi) is 4.62. The zero-order valence-corrected chi connectivity index (χ0v) is 13.7. The van der Waals surface area contributed by atoms with Gasteiger partial charge in [-0.3, -0.25) is 5.10 Å². The van der Waals surface area contributed by atoms with Crippen LogP contribution in [-0.4, -0.2) is 21.0 Å². The lowest BCUT2D eigenvalue weighted by Crippen LogP contribution is -2.33. The number of nitrogens with one attached hydrogen (secondary N) is 2. The fraction of sp³-hybridized carbons (Fsp3) is 0.474. The molecule has 1 saturated carbocycles. The zero-order chi connectivity index (χ0) is 16.3. The van der Waals surface area contributed by atoms with Crippen molar-refractivity contribution in [2.75, 3.05) is 0 Å². The highest BCUT2D eigenvalue weighted by Gasteiger charge is 2.35. The maximum Gasteiger partial charge on any atom is 0.0897 e. The zero-order valence-electron chi connectivity index (χ0n) is 13.7. The van der Waals surface area contributed by atoms with Gasteiger partial charge in [0.15, 0.2) is 0 Å². The quantitative estimate of drug-likeness (QED) is 0.721. The summed E-state index contributed by atoms with van der Waals surface area (Å²) in [5, 5.41) is 25.9. The summed E-state index contributed by atoms with van der Waals surface area (Å²) in [5.41, 5.74) is 3.28. The molecule has 1 aliphatic rings. The molecule has 3 N–H and O–H groups in total. The van der Waals surface area contributed by atoms with Crippen molar-refractivity contribution in [1.29, 1.82) is 5.41 Å². The number of H-pyrrole nitrogens is 1. The molecule has 0 amide bonds. The van der Waals surface area contributed by atoms with Crippen LogP contribution < -0.4 is 0 Å². The van der Waals surface area contributed by atoms with Crippen molar-refractivity contribution in [2.45, 2.75) is 51.0 Å². The van der Waals surface area contributed by atoms with Gasteiger partial charge in [0.05, 0.1) is 11.8 Å². The van der Waals surface area contributed by atoms with E-state index >= 15 is 0 Å². The van der Waals surface area contributed by atoms with Gasteiger partial charge in [-0.25, -0.2) is 0 Å². The molecule has 23 heavy (non-hydrogen) atoms. The fourth-order valence-corrected chi connectivity index (χ4v) is 3.59. The first-order valence-electron chi connectivity index (χ1n) is 8.52. The Morgan fingerprint density at radius 2 is 1.96 bits per heavy atom. The summed E-state index contributed by atoms with van der Waals surface area (Å²) in [5.74, 6) is 0.362. The van der Waals surface area contributed by atoms with Crippen molar-refractivity contribution >= 4 is 5.71 Å². The number of rotatable bonds is 5. The lowest BCUT2D eigenvalue weighted by atomic mass is 9.73. The predicted molar refractivity (Wildman–Crippen MR) is 92.5 cm³/mol. The maximum absolute atomic E-state index is 11.0. The molecule has 1 aromatic carbocycles. The third-order valence-corrected chi connectivity index (χ3v) is 5.08. The average molecular weight is 311 g/mol. The average Bonchev–Trinajstić information content (AvgIpc) is 3.10. The van der Waals surface area contributed by atoms with Crippen molar-refractivity contribution in [3.05, 3.63) is 42.2 Å². The number of benzene rings is 1. The second-order valence-electron chi connectivity index (χ2n) is 6.65. The molecule has 0 bridgehead atoms. The molecule has 1 heterocycles. The molecule has 4 heteroatoms. The predicted octanol–water partition coefficient (Wildman–Crippen LogP) is 4.27. The second-order valence-corrected chi connectivity index (χ2v) is 6.65. The second kappa shape index (κ2) is 6.67. The monoisotopic (exact) mass is 311 g/mol. The van der Waals surface area contributed by atoms with Crippen LogP contribution in [0.5, 0.6) is 0 Å². The first kappa shape index (κ1) is 15.9. The third kappa shape index (κ3) is 3.37. The highest BCUT2D eigenvalue weighted by Crippen LogP contribution is 2.40. The Hall–Kier alpha value is -1.94. The van der Waals surface area contributed by atoms with Gasteiger partial charge < -0.3 is 10.5 Å². The van der Waals surface area contributed by atoms with Gasteiger partial charge in [0, 0.05) is 17.5 Å². The van der Waals surface area contributed by atoms with Crippen LogP contribution in [0.15, 0.2) is 36.7 Å². The van der Waals surface area contributed by atoms with E-state index in [-0.39, 0.29) is 0 Å². The van der Waals surface area contributed by atoms with E-state index in [2.05, 4.69) is 17.1 Å². The minimum atomic E-state index is -0.738. The molecule has 0 aliphatic heterocycles. The van der Waals surface area contributed by atoms with E-state index in [0.717, 1.165) is 60.9 Å². The molecule has 4 nitrogen and oxygen atoms in total. The normalized spacial score (nSPS) is 24.5. The summed E-state index contributed by atoms with van der Waals surface area (Å²) in [7, 11) is 0. The van der Waals surface area contributed by atoms with Crippen molar-refractivity contribution < 1.29 is 5.11 Å². The van der Waals surface area contributed by atoms with Gasteiger partial charge in [0.2, 0.25) is 0 Å². The van der Waals surface area contributed by atoms with E-state index in [9.17, 15) is 5.11 Å². The molecule has 1 aromatic heterocycles. The molecule has 122 valence electrons. The largest absolute Gasteiger partial charge is 0.385 e. The first-order valence-corrected chi connectivity index (χ1v) is 8.52. The molecule has 2 aromatic rings. The summed E-state index contributed by atoms with van der Waals surface area (Å²) in [6.07, 6.45) is 8.92. The Morgan fingerprint density at radius 1 is 1.26 bits per heavy atom. The number of hydrogen-bond donors (Lipinski definition) is 3. The molecular weight excluding hydrogens is 286 g/mol. The van der Waals surface area contributed by atoms with Gasteiger partial charge in [0.1, 0.15) is 0 Å². The lowest BCUT2D eigenvalue weighted by molar-refractivity contribution is -0.00715. The standard InChI is InChI=1S/C19H25N3O/c1-2-3-18(20)15-8-10-19(23,11-9-15)17-6-4-14(5-7-17)16-12-21-22-13-16/h4-7,12-13,15,20,23H,2-3,8-11H2,1H3,(H,21,22). The highest BCUT2D eigenvalue weighted by atomic mass is 16.3. The van der Waals surface area contributed by atoms with Crippen LogP contribution in [0.25, 0.3) is 11.1 Å². The molecule has 0 unspecified atom stereocenters. The van der Waals surface area contributed by atoms with Crippen molar-refractivity contribution in [3.63, 3.8) is 0 Å². The molecule has 0 atom stereocenters. The van der Waals surface area contributed by atoms with E-state index in [1.54, 1.807) is 6.20 Å². The van der Waals surface area contributed by atoms with Crippen LogP contribution in [0.4, 0.5) is 0 Å². The molecule has 1 aliphatic carbocycles. The summed E-state index contributed by atoms with van der Waals surface area (Å²) in [6.45, 7) is 2.12. The van der Waals surface area contributed by atoms with E-state index in [4.69, 9.17) is 5.41 Å². The van der Waals surface area contributed by atoms with E-state index in [1.165, 1.54) is 0 Å². The van der Waals surface area contributed by atoms with Crippen LogP contribution in [0.3, 0.4) is 0 Å². The Balaban J connectivity index is 1.68. The molecule has 3 rings (SSSR count). The summed E-state index contributed by atoms with van der Waals surface area (Å²) in [4.78, 5) is 0. The van der Waals surface area contributed by atoms with E-state index in [0.29, 0.717) is 5.92 Å². The number of aliphatic hydroxyl groups is 1. The summed E-state index contributed by atoms with van der Waals surface area (Å²) < 4.78 is 0. The number of hydrogen-bond acceptors (Lipinski definition) is 3. The minimum absolute atomic E-state index is 0.362. The van der Waals surface area contributed by atoms with Gasteiger partial charge >= 0.3 is 0 Å². The summed E-state index contributed by atoms with van der Waals surface area (Å²) in [6, 6.07) is 8.15. The summed E-state index contributed by atoms with van der Waals surface area (Å²) >= 11 is 0. The SMILES string of the molecule is CCCC(=N)C1CCC(O)(c2ccc(-c3cn[nH]c3)cc2)CC1. The van der Waals surface area contributed by atoms with Crippen molar-refractivity contribution in [2.24, 2.45) is 5.92 Å². The van der Waals surface area contributed by atoms with Gasteiger partial charge in [-0.1, -0.05) is 37.6 Å². The smallest absolute Gasteiger partial charge is 0.0897 e. The van der Waals surface area contributed by atoms with Gasteiger partial charge in [0.25, 0.3) is 0 Å². The molecule has 0 spiro atoms. The van der Waals surface area contributed by atoms with Crippen LogP contribution in [-0.2, 0) is 5.60 Å².